The molecule has 0 aliphatic carbocycles. The molecule has 1 aromatic heterocycles. The number of nitrogens with zero attached hydrogens (tertiary/aromatic N) is 1. The second-order valence-corrected chi connectivity index (χ2v) is 3.31. The maximum absolute atomic E-state index is 5.13. The number of hydrogen-bond donors (Lipinski definition) is 1. The summed E-state index contributed by atoms with van der Waals surface area (Å²) in [7, 11) is 1.62. The molecule has 0 spiro atoms. The number of nitrogens with one attached hydrogen (secondary N) is 1. The van der Waals surface area contributed by atoms with Gasteiger partial charge in [0.2, 0.25) is 0 Å². The molecule has 1 aromatic rings. The van der Waals surface area contributed by atoms with Crippen molar-refractivity contribution in [2.45, 2.75) is 25.8 Å². The Morgan fingerprint density at radius 2 is 2.46 bits per heavy atom. The fourth-order valence-corrected chi connectivity index (χ4v) is 1.83. The van der Waals surface area contributed by atoms with Crippen LogP contribution in [0.5, 0.6) is 5.88 Å². The van der Waals surface area contributed by atoms with Crippen molar-refractivity contribution in [2.24, 2.45) is 0 Å². The molecule has 0 bridgehead atoms. The lowest BCUT2D eigenvalue weighted by Gasteiger charge is -2.08. The Balaban J connectivity index is 2.30. The number of hydrogen-bond acceptors (Lipinski definition) is 4. The van der Waals surface area contributed by atoms with E-state index in [1.807, 2.05) is 6.92 Å². The molecule has 1 unspecified atom stereocenters. The number of aryl methyl sites for hydroxylation is 1. The van der Waals surface area contributed by atoms with E-state index in [9.17, 15) is 0 Å². The third-order valence-electron chi connectivity index (χ3n) is 2.48. The fraction of sp³-hybridized carbons (Fsp3) is 0.667. The van der Waals surface area contributed by atoms with Crippen molar-refractivity contribution in [1.82, 2.24) is 10.5 Å². The predicted octanol–water partition coefficient (Wildman–Crippen LogP) is 1.42. The van der Waals surface area contributed by atoms with Gasteiger partial charge in [0.1, 0.15) is 5.76 Å². The Bertz CT molecular complexity index is 290. The van der Waals surface area contributed by atoms with Gasteiger partial charge >= 0.3 is 0 Å². The monoisotopic (exact) mass is 182 g/mol. The molecular weight excluding hydrogens is 168 g/mol. The van der Waals surface area contributed by atoms with Crippen LogP contribution in [0.25, 0.3) is 0 Å². The fourth-order valence-electron chi connectivity index (χ4n) is 1.83. The first-order valence-corrected chi connectivity index (χ1v) is 4.56. The summed E-state index contributed by atoms with van der Waals surface area (Å²) in [4.78, 5) is 0. The Hall–Kier alpha value is -1.03. The first-order valence-electron chi connectivity index (χ1n) is 4.56. The summed E-state index contributed by atoms with van der Waals surface area (Å²) >= 11 is 0. The number of ether oxygens (including phenoxy) is 1. The molecule has 0 radical (unpaired) electrons. The minimum absolute atomic E-state index is 0.362. The van der Waals surface area contributed by atoms with E-state index >= 15 is 0 Å². The van der Waals surface area contributed by atoms with Gasteiger partial charge in [0.05, 0.1) is 12.7 Å². The number of aromatic nitrogens is 1. The van der Waals surface area contributed by atoms with Crippen LogP contribution < -0.4 is 10.1 Å². The van der Waals surface area contributed by atoms with Gasteiger partial charge in [0, 0.05) is 6.04 Å². The average Bonchev–Trinajstić information content (AvgIpc) is 2.72. The summed E-state index contributed by atoms with van der Waals surface area (Å²) in [6.07, 6.45) is 2.34. The van der Waals surface area contributed by atoms with Crippen LogP contribution >= 0.6 is 0 Å². The van der Waals surface area contributed by atoms with E-state index in [1.54, 1.807) is 7.11 Å². The maximum Gasteiger partial charge on any atom is 0.258 e. The lowest BCUT2D eigenvalue weighted by atomic mass is 10.1. The van der Waals surface area contributed by atoms with Gasteiger partial charge < -0.3 is 14.6 Å². The lowest BCUT2D eigenvalue weighted by molar-refractivity contribution is 0.331. The van der Waals surface area contributed by atoms with Crippen molar-refractivity contribution in [3.8, 4) is 5.88 Å². The van der Waals surface area contributed by atoms with E-state index in [0.717, 1.165) is 24.3 Å². The van der Waals surface area contributed by atoms with Crippen LogP contribution in [0.3, 0.4) is 0 Å². The van der Waals surface area contributed by atoms with Gasteiger partial charge in [-0.2, -0.15) is 0 Å². The lowest BCUT2D eigenvalue weighted by Crippen LogP contribution is -2.13. The van der Waals surface area contributed by atoms with E-state index in [-0.39, 0.29) is 0 Å². The SMILES string of the molecule is COc1noc(C)c1C1CCCN1. The molecule has 2 rings (SSSR count). The molecule has 0 saturated carbocycles. The van der Waals surface area contributed by atoms with Crippen molar-refractivity contribution < 1.29 is 9.26 Å². The van der Waals surface area contributed by atoms with Crippen LogP contribution in [0.15, 0.2) is 4.52 Å². The zero-order valence-electron chi connectivity index (χ0n) is 7.96. The quantitative estimate of drug-likeness (QED) is 0.751. The highest BCUT2D eigenvalue weighted by Gasteiger charge is 2.25. The normalized spacial score (nSPS) is 22.2. The zero-order valence-corrected chi connectivity index (χ0v) is 7.96. The molecule has 4 nitrogen and oxygen atoms in total. The molecular formula is C9H14N2O2. The van der Waals surface area contributed by atoms with Gasteiger partial charge in [-0.05, 0) is 31.5 Å². The summed E-state index contributed by atoms with van der Waals surface area (Å²) in [6, 6.07) is 0.362. The maximum atomic E-state index is 5.13. The second kappa shape index (κ2) is 3.38. The molecule has 1 aliphatic heterocycles. The van der Waals surface area contributed by atoms with Crippen LogP contribution in [0.1, 0.15) is 30.2 Å². The average molecular weight is 182 g/mol. The van der Waals surface area contributed by atoms with Crippen molar-refractivity contribution >= 4 is 0 Å². The highest BCUT2D eigenvalue weighted by molar-refractivity contribution is 5.31. The van der Waals surface area contributed by atoms with Crippen molar-refractivity contribution in [3.05, 3.63) is 11.3 Å². The van der Waals surface area contributed by atoms with Gasteiger partial charge in [0.15, 0.2) is 0 Å². The molecule has 1 fully saturated rings. The number of rotatable bonds is 2. The first kappa shape index (κ1) is 8.56. The van der Waals surface area contributed by atoms with Gasteiger partial charge in [0.25, 0.3) is 5.88 Å². The molecule has 0 aromatic carbocycles. The third-order valence-corrected chi connectivity index (χ3v) is 2.48. The van der Waals surface area contributed by atoms with Crippen LogP contribution in [0.4, 0.5) is 0 Å². The second-order valence-electron chi connectivity index (χ2n) is 3.31. The Labute approximate surface area is 77.2 Å². The summed E-state index contributed by atoms with van der Waals surface area (Å²) < 4.78 is 10.2. The summed E-state index contributed by atoms with van der Waals surface area (Å²) in [5, 5.41) is 7.24. The Morgan fingerprint density at radius 1 is 1.62 bits per heavy atom. The topological polar surface area (TPSA) is 47.3 Å². The summed E-state index contributed by atoms with van der Waals surface area (Å²) in [6.45, 7) is 2.99. The molecule has 13 heavy (non-hydrogen) atoms. The van der Waals surface area contributed by atoms with Crippen LogP contribution in [0.2, 0.25) is 0 Å². The largest absolute Gasteiger partial charge is 0.479 e. The molecule has 1 N–H and O–H groups in total. The van der Waals surface area contributed by atoms with Crippen LogP contribution in [0, 0.1) is 6.92 Å². The van der Waals surface area contributed by atoms with E-state index in [0.29, 0.717) is 11.9 Å². The summed E-state index contributed by atoms with van der Waals surface area (Å²) in [5.41, 5.74) is 1.08. The highest BCUT2D eigenvalue weighted by atomic mass is 16.5. The zero-order chi connectivity index (χ0) is 9.26. The molecule has 1 aliphatic rings. The Morgan fingerprint density at radius 3 is 3.08 bits per heavy atom. The van der Waals surface area contributed by atoms with E-state index in [2.05, 4.69) is 10.5 Å². The van der Waals surface area contributed by atoms with Crippen molar-refractivity contribution in [1.29, 1.82) is 0 Å². The van der Waals surface area contributed by atoms with E-state index in [4.69, 9.17) is 9.26 Å². The minimum Gasteiger partial charge on any atom is -0.479 e. The van der Waals surface area contributed by atoms with E-state index in [1.165, 1.54) is 6.42 Å². The first-order chi connectivity index (χ1) is 6.33. The smallest absolute Gasteiger partial charge is 0.258 e. The van der Waals surface area contributed by atoms with E-state index < -0.39 is 0 Å². The molecule has 1 atom stereocenters. The van der Waals surface area contributed by atoms with Gasteiger partial charge in [-0.15, -0.1) is 0 Å². The highest BCUT2D eigenvalue weighted by Crippen LogP contribution is 2.32. The molecule has 0 amide bonds. The molecule has 4 heteroatoms. The van der Waals surface area contributed by atoms with Gasteiger partial charge in [-0.25, -0.2) is 0 Å². The standard InChI is InChI=1S/C9H14N2O2/c1-6-8(7-4-3-5-10-7)9(12-2)11-13-6/h7,10H,3-5H2,1-2H3. The molecule has 1 saturated heterocycles. The van der Waals surface area contributed by atoms with Crippen molar-refractivity contribution in [2.75, 3.05) is 13.7 Å². The molecule has 72 valence electrons. The third kappa shape index (κ3) is 1.42. The van der Waals surface area contributed by atoms with Gasteiger partial charge in [-0.3, -0.25) is 0 Å². The number of methoxy groups -OCH3 is 1. The van der Waals surface area contributed by atoms with Gasteiger partial charge in [-0.1, -0.05) is 0 Å². The molecule has 2 heterocycles. The Kier molecular flexibility index (Phi) is 2.22. The predicted molar refractivity (Wildman–Crippen MR) is 47.8 cm³/mol. The van der Waals surface area contributed by atoms with Crippen molar-refractivity contribution in [3.63, 3.8) is 0 Å². The van der Waals surface area contributed by atoms with Crippen LogP contribution in [-0.2, 0) is 0 Å². The summed E-state index contributed by atoms with van der Waals surface area (Å²) in [5.74, 6) is 1.48. The van der Waals surface area contributed by atoms with Crippen LogP contribution in [-0.4, -0.2) is 18.8 Å². The minimum atomic E-state index is 0.362.